The van der Waals surface area contributed by atoms with Gasteiger partial charge in [-0.2, -0.15) is 4.31 Å². The average molecular weight is 447 g/mol. The summed E-state index contributed by atoms with van der Waals surface area (Å²) in [5, 5.41) is 2.62. The summed E-state index contributed by atoms with van der Waals surface area (Å²) in [6.07, 6.45) is 1.66. The van der Waals surface area contributed by atoms with Crippen molar-refractivity contribution in [3.8, 4) is 0 Å². The Balaban J connectivity index is 2.31. The Hall–Kier alpha value is -1.45. The zero-order valence-electron chi connectivity index (χ0n) is 15.0. The molecule has 9 heteroatoms. The number of methoxy groups -OCH3 is 1. The molecule has 1 aliphatic heterocycles. The molecule has 1 aromatic carbocycles. The lowest BCUT2D eigenvalue weighted by molar-refractivity contribution is -0.144. The van der Waals surface area contributed by atoms with Crippen molar-refractivity contribution in [2.75, 3.05) is 20.2 Å². The molecule has 1 saturated heterocycles. The van der Waals surface area contributed by atoms with E-state index in [2.05, 4.69) is 21.2 Å². The van der Waals surface area contributed by atoms with Gasteiger partial charge in [-0.15, -0.1) is 0 Å². The van der Waals surface area contributed by atoms with Crippen LogP contribution in [0.4, 0.5) is 0 Å². The van der Waals surface area contributed by atoms with Crippen molar-refractivity contribution in [2.45, 2.75) is 37.6 Å². The number of carbonyl (C=O) groups excluding carboxylic acids is 2. The lowest BCUT2D eigenvalue weighted by Crippen LogP contribution is -2.45. The van der Waals surface area contributed by atoms with Crippen LogP contribution in [0.2, 0.25) is 0 Å². The number of ether oxygens (including phenoxy) is 1. The minimum atomic E-state index is -3.64. The molecule has 1 amide bonds. The molecule has 144 valence electrons. The molecule has 1 aromatic rings. The lowest BCUT2D eigenvalue weighted by Gasteiger charge is -2.21. The summed E-state index contributed by atoms with van der Waals surface area (Å²) in [5.41, 5.74) is 0.153. The molecule has 0 spiro atoms. The molecule has 0 aromatic heterocycles. The van der Waals surface area contributed by atoms with E-state index in [-0.39, 0.29) is 16.4 Å². The largest absolute Gasteiger partial charge is 0.467 e. The van der Waals surface area contributed by atoms with E-state index >= 15 is 0 Å². The number of esters is 1. The number of benzene rings is 1. The number of sulfonamides is 1. The summed E-state index contributed by atoms with van der Waals surface area (Å²) >= 11 is 3.28. The van der Waals surface area contributed by atoms with Gasteiger partial charge >= 0.3 is 5.97 Å². The molecule has 7 nitrogen and oxygen atoms in total. The Morgan fingerprint density at radius 2 is 1.85 bits per heavy atom. The fourth-order valence-corrected chi connectivity index (χ4v) is 4.73. The molecular weight excluding hydrogens is 424 g/mol. The highest BCUT2D eigenvalue weighted by Crippen LogP contribution is 2.25. The van der Waals surface area contributed by atoms with Crippen LogP contribution in [-0.4, -0.2) is 50.8 Å². The minimum absolute atomic E-state index is 0.0620. The van der Waals surface area contributed by atoms with E-state index in [1.165, 1.54) is 29.6 Å². The number of hydrogen-bond donors (Lipinski definition) is 1. The number of halogens is 1. The maximum absolute atomic E-state index is 12.7. The lowest BCUT2D eigenvalue weighted by atomic mass is 10.0. The van der Waals surface area contributed by atoms with Gasteiger partial charge < -0.3 is 10.1 Å². The first-order valence-electron chi connectivity index (χ1n) is 8.37. The third-order valence-electron chi connectivity index (χ3n) is 4.29. The van der Waals surface area contributed by atoms with Crippen molar-refractivity contribution in [1.82, 2.24) is 9.62 Å². The number of nitrogens with zero attached hydrogens (tertiary/aromatic N) is 1. The second kappa shape index (κ2) is 8.49. The summed E-state index contributed by atoms with van der Waals surface area (Å²) < 4.78 is 32.0. The summed E-state index contributed by atoms with van der Waals surface area (Å²) in [6.45, 7) is 4.53. The summed E-state index contributed by atoms with van der Waals surface area (Å²) in [4.78, 5) is 24.6. The van der Waals surface area contributed by atoms with Crippen LogP contribution < -0.4 is 5.32 Å². The number of nitrogens with one attached hydrogen (secondary N) is 1. The standard InChI is InChI=1S/C17H23BrN2O5S/c1-11(2)15(17(22)25-3)19-16(21)13-10-12(6-7-14(13)18)26(23,24)20-8-4-5-9-20/h6-7,10-11,15H,4-5,8-9H2,1-3H3,(H,19,21). The van der Waals surface area contributed by atoms with Crippen LogP contribution in [0, 0.1) is 5.92 Å². The first-order chi connectivity index (χ1) is 12.2. The van der Waals surface area contributed by atoms with Gasteiger partial charge in [-0.25, -0.2) is 13.2 Å². The van der Waals surface area contributed by atoms with E-state index in [0.29, 0.717) is 17.6 Å². The van der Waals surface area contributed by atoms with Crippen LogP contribution in [0.15, 0.2) is 27.6 Å². The molecule has 0 saturated carbocycles. The Labute approximate surface area is 162 Å². The van der Waals surface area contributed by atoms with E-state index in [9.17, 15) is 18.0 Å². The highest BCUT2D eigenvalue weighted by atomic mass is 79.9. The van der Waals surface area contributed by atoms with Crippen LogP contribution in [-0.2, 0) is 19.6 Å². The van der Waals surface area contributed by atoms with Gasteiger partial charge in [0.25, 0.3) is 5.91 Å². The minimum Gasteiger partial charge on any atom is -0.467 e. The average Bonchev–Trinajstić information content (AvgIpc) is 3.14. The monoisotopic (exact) mass is 446 g/mol. The first kappa shape index (κ1) is 20.9. The van der Waals surface area contributed by atoms with E-state index in [4.69, 9.17) is 4.74 Å². The van der Waals surface area contributed by atoms with Gasteiger partial charge in [-0.1, -0.05) is 13.8 Å². The second-order valence-corrected chi connectivity index (χ2v) is 9.26. The van der Waals surface area contributed by atoms with Crippen LogP contribution in [0.3, 0.4) is 0 Å². The summed E-state index contributed by atoms with van der Waals surface area (Å²) in [7, 11) is -2.38. The van der Waals surface area contributed by atoms with Crippen molar-refractivity contribution in [3.63, 3.8) is 0 Å². The Morgan fingerprint density at radius 3 is 2.38 bits per heavy atom. The molecule has 1 N–H and O–H groups in total. The van der Waals surface area contributed by atoms with Crippen molar-refractivity contribution in [1.29, 1.82) is 0 Å². The molecule has 1 fully saturated rings. The molecule has 1 unspecified atom stereocenters. The molecule has 0 bridgehead atoms. The highest BCUT2D eigenvalue weighted by Gasteiger charge is 2.30. The summed E-state index contributed by atoms with van der Waals surface area (Å²) in [6, 6.07) is 3.51. The van der Waals surface area contributed by atoms with E-state index in [1.54, 1.807) is 13.8 Å². The zero-order chi connectivity index (χ0) is 19.5. The number of hydrogen-bond acceptors (Lipinski definition) is 5. The number of rotatable bonds is 6. The third kappa shape index (κ3) is 4.44. The first-order valence-corrected chi connectivity index (χ1v) is 10.6. The van der Waals surface area contributed by atoms with Crippen LogP contribution in [0.1, 0.15) is 37.0 Å². The molecule has 0 radical (unpaired) electrons. The molecule has 26 heavy (non-hydrogen) atoms. The van der Waals surface area contributed by atoms with E-state index in [0.717, 1.165) is 12.8 Å². The molecule has 1 atom stereocenters. The zero-order valence-corrected chi connectivity index (χ0v) is 17.4. The van der Waals surface area contributed by atoms with Crippen molar-refractivity contribution in [3.05, 3.63) is 28.2 Å². The molecule has 0 aliphatic carbocycles. The van der Waals surface area contributed by atoms with Crippen molar-refractivity contribution < 1.29 is 22.7 Å². The molecular formula is C17H23BrN2O5S. The maximum Gasteiger partial charge on any atom is 0.328 e. The number of carbonyl (C=O) groups is 2. The van der Waals surface area contributed by atoms with Gasteiger partial charge in [0.2, 0.25) is 10.0 Å². The van der Waals surface area contributed by atoms with Crippen LogP contribution in [0.25, 0.3) is 0 Å². The predicted octanol–water partition coefficient (Wildman–Crippen LogP) is 2.16. The van der Waals surface area contributed by atoms with Gasteiger partial charge in [0.1, 0.15) is 6.04 Å². The molecule has 1 heterocycles. The second-order valence-electron chi connectivity index (χ2n) is 6.47. The summed E-state index contributed by atoms with van der Waals surface area (Å²) in [5.74, 6) is -1.27. The quantitative estimate of drug-likeness (QED) is 0.675. The highest BCUT2D eigenvalue weighted by molar-refractivity contribution is 9.10. The van der Waals surface area contributed by atoms with E-state index in [1.807, 2.05) is 0 Å². The fraction of sp³-hybridized carbons (Fsp3) is 0.529. The predicted molar refractivity (Wildman–Crippen MR) is 100 cm³/mol. The van der Waals surface area contributed by atoms with Gasteiger partial charge in [-0.05, 0) is 52.9 Å². The maximum atomic E-state index is 12.7. The van der Waals surface area contributed by atoms with Gasteiger partial charge in [0, 0.05) is 17.6 Å². The van der Waals surface area contributed by atoms with E-state index < -0.39 is 27.9 Å². The topological polar surface area (TPSA) is 92.8 Å². The Morgan fingerprint density at radius 1 is 1.23 bits per heavy atom. The smallest absolute Gasteiger partial charge is 0.328 e. The normalized spacial score (nSPS) is 16.5. The van der Waals surface area contributed by atoms with Gasteiger partial charge in [0.05, 0.1) is 17.6 Å². The number of amides is 1. The van der Waals surface area contributed by atoms with Crippen LogP contribution >= 0.6 is 15.9 Å². The fourth-order valence-electron chi connectivity index (χ4n) is 2.76. The third-order valence-corrected chi connectivity index (χ3v) is 6.88. The Bertz CT molecular complexity index is 788. The van der Waals surface area contributed by atoms with Crippen molar-refractivity contribution in [2.24, 2.45) is 5.92 Å². The van der Waals surface area contributed by atoms with Gasteiger partial charge in [-0.3, -0.25) is 4.79 Å². The van der Waals surface area contributed by atoms with Crippen molar-refractivity contribution >= 4 is 37.8 Å². The molecule has 1 aliphatic rings. The molecule has 2 rings (SSSR count). The SMILES string of the molecule is COC(=O)C(NC(=O)c1cc(S(=O)(=O)N2CCCC2)ccc1Br)C(C)C. The van der Waals surface area contributed by atoms with Gasteiger partial charge in [0.15, 0.2) is 0 Å². The van der Waals surface area contributed by atoms with Crippen LogP contribution in [0.5, 0.6) is 0 Å². The Kier molecular flexibility index (Phi) is 6.81.